The normalized spacial score (nSPS) is 10.1. The molecule has 1 amide bonds. The molecule has 0 saturated heterocycles. The second kappa shape index (κ2) is 6.67. The maximum atomic E-state index is 12.9. The molecule has 0 fully saturated rings. The highest BCUT2D eigenvalue weighted by Crippen LogP contribution is 2.31. The Morgan fingerprint density at radius 1 is 1.35 bits per heavy atom. The number of halogens is 3. The number of carbonyl (C=O) groups excluding carboxylic acids is 1. The molecule has 0 atom stereocenters. The summed E-state index contributed by atoms with van der Waals surface area (Å²) in [5.74, 6) is -0.552. The number of anilines is 1. The van der Waals surface area contributed by atoms with Gasteiger partial charge in [0, 0.05) is 19.5 Å². The van der Waals surface area contributed by atoms with E-state index < -0.39 is 5.82 Å². The predicted octanol–water partition coefficient (Wildman–Crippen LogP) is 3.07. The molecule has 0 unspecified atom stereocenters. The van der Waals surface area contributed by atoms with Crippen molar-refractivity contribution in [3.63, 3.8) is 0 Å². The SMILES string of the molecule is CCNC(=O)CCNc1c(Cl)cc(F)cc1Cl. The minimum Gasteiger partial charge on any atom is -0.382 e. The van der Waals surface area contributed by atoms with E-state index in [9.17, 15) is 9.18 Å². The molecule has 1 rings (SSSR count). The van der Waals surface area contributed by atoms with E-state index in [0.29, 0.717) is 25.2 Å². The maximum absolute atomic E-state index is 12.9. The van der Waals surface area contributed by atoms with Gasteiger partial charge < -0.3 is 10.6 Å². The van der Waals surface area contributed by atoms with Gasteiger partial charge in [0.05, 0.1) is 15.7 Å². The molecule has 3 nitrogen and oxygen atoms in total. The molecule has 17 heavy (non-hydrogen) atoms. The smallest absolute Gasteiger partial charge is 0.221 e. The van der Waals surface area contributed by atoms with Gasteiger partial charge in [-0.1, -0.05) is 23.2 Å². The van der Waals surface area contributed by atoms with E-state index in [-0.39, 0.29) is 16.0 Å². The molecule has 94 valence electrons. The van der Waals surface area contributed by atoms with Crippen LogP contribution in [0.25, 0.3) is 0 Å². The number of benzene rings is 1. The zero-order valence-corrected chi connectivity index (χ0v) is 10.8. The van der Waals surface area contributed by atoms with Crippen molar-refractivity contribution in [1.29, 1.82) is 0 Å². The van der Waals surface area contributed by atoms with Crippen LogP contribution in [-0.4, -0.2) is 19.0 Å². The van der Waals surface area contributed by atoms with E-state index in [2.05, 4.69) is 10.6 Å². The molecule has 0 radical (unpaired) electrons. The summed E-state index contributed by atoms with van der Waals surface area (Å²) in [6.45, 7) is 2.83. The van der Waals surface area contributed by atoms with Crippen molar-refractivity contribution in [3.8, 4) is 0 Å². The summed E-state index contributed by atoms with van der Waals surface area (Å²) in [6.07, 6.45) is 0.303. The molecule has 0 aliphatic rings. The van der Waals surface area contributed by atoms with Crippen LogP contribution in [0.15, 0.2) is 12.1 Å². The van der Waals surface area contributed by atoms with Gasteiger partial charge in [0.1, 0.15) is 5.82 Å². The Hall–Kier alpha value is -1.00. The van der Waals surface area contributed by atoms with Gasteiger partial charge in [-0.25, -0.2) is 4.39 Å². The summed E-state index contributed by atoms with van der Waals surface area (Å²) in [6, 6.07) is 2.34. The summed E-state index contributed by atoms with van der Waals surface area (Å²) < 4.78 is 12.9. The molecule has 0 spiro atoms. The van der Waals surface area contributed by atoms with Crippen LogP contribution in [0.2, 0.25) is 10.0 Å². The van der Waals surface area contributed by atoms with Gasteiger partial charge in [0.25, 0.3) is 0 Å². The highest BCUT2D eigenvalue weighted by Gasteiger charge is 2.08. The highest BCUT2D eigenvalue weighted by atomic mass is 35.5. The molecule has 0 bridgehead atoms. The van der Waals surface area contributed by atoms with Gasteiger partial charge in [-0.2, -0.15) is 0 Å². The van der Waals surface area contributed by atoms with Gasteiger partial charge in [0.15, 0.2) is 0 Å². The predicted molar refractivity (Wildman–Crippen MR) is 68.2 cm³/mol. The molecular weight excluding hydrogens is 266 g/mol. The third-order valence-corrected chi connectivity index (χ3v) is 2.63. The quantitative estimate of drug-likeness (QED) is 0.869. The fourth-order valence-electron chi connectivity index (χ4n) is 1.30. The van der Waals surface area contributed by atoms with Gasteiger partial charge in [0.2, 0.25) is 5.91 Å². The first kappa shape index (κ1) is 14.1. The molecule has 0 aliphatic carbocycles. The first-order valence-electron chi connectivity index (χ1n) is 5.19. The first-order chi connectivity index (χ1) is 8.04. The zero-order valence-electron chi connectivity index (χ0n) is 9.32. The van der Waals surface area contributed by atoms with E-state index in [0.717, 1.165) is 0 Å². The number of hydrogen-bond acceptors (Lipinski definition) is 2. The Balaban J connectivity index is 2.55. The molecule has 0 heterocycles. The molecule has 0 saturated carbocycles. The lowest BCUT2D eigenvalue weighted by Gasteiger charge is -2.10. The lowest BCUT2D eigenvalue weighted by molar-refractivity contribution is -0.120. The second-order valence-corrected chi connectivity index (χ2v) is 4.19. The van der Waals surface area contributed by atoms with Crippen molar-refractivity contribution in [2.45, 2.75) is 13.3 Å². The van der Waals surface area contributed by atoms with Crippen LogP contribution in [0.3, 0.4) is 0 Å². The van der Waals surface area contributed by atoms with Crippen LogP contribution >= 0.6 is 23.2 Å². The van der Waals surface area contributed by atoms with Crippen LogP contribution < -0.4 is 10.6 Å². The standard InChI is InChI=1S/C11H13Cl2FN2O/c1-2-15-10(17)3-4-16-11-8(12)5-7(14)6-9(11)13/h5-6,16H,2-4H2,1H3,(H,15,17). The molecular formula is C11H13Cl2FN2O. The lowest BCUT2D eigenvalue weighted by Crippen LogP contribution is -2.24. The number of rotatable bonds is 5. The van der Waals surface area contributed by atoms with E-state index >= 15 is 0 Å². The van der Waals surface area contributed by atoms with Crippen LogP contribution in [0.5, 0.6) is 0 Å². The summed E-state index contributed by atoms with van der Waals surface area (Å²) in [4.78, 5) is 11.2. The third-order valence-electron chi connectivity index (χ3n) is 2.03. The fourth-order valence-corrected chi connectivity index (χ4v) is 1.89. The van der Waals surface area contributed by atoms with Crippen molar-refractivity contribution >= 4 is 34.8 Å². The molecule has 6 heteroatoms. The minimum absolute atomic E-state index is 0.0608. The van der Waals surface area contributed by atoms with Crippen LogP contribution in [0, 0.1) is 5.82 Å². The summed E-state index contributed by atoms with van der Waals surface area (Å²) >= 11 is 11.6. The van der Waals surface area contributed by atoms with Crippen LogP contribution in [-0.2, 0) is 4.79 Å². The first-order valence-corrected chi connectivity index (χ1v) is 5.95. The molecule has 1 aromatic rings. The largest absolute Gasteiger partial charge is 0.382 e. The topological polar surface area (TPSA) is 41.1 Å². The molecule has 1 aromatic carbocycles. The Morgan fingerprint density at radius 2 is 1.94 bits per heavy atom. The number of nitrogens with one attached hydrogen (secondary N) is 2. The fraction of sp³-hybridized carbons (Fsp3) is 0.364. The van der Waals surface area contributed by atoms with Crippen molar-refractivity contribution in [2.24, 2.45) is 0 Å². The van der Waals surface area contributed by atoms with Gasteiger partial charge >= 0.3 is 0 Å². The zero-order chi connectivity index (χ0) is 12.8. The van der Waals surface area contributed by atoms with Crippen LogP contribution in [0.4, 0.5) is 10.1 Å². The summed E-state index contributed by atoms with van der Waals surface area (Å²) in [5.41, 5.74) is 0.444. The van der Waals surface area contributed by atoms with Gasteiger partial charge in [-0.3, -0.25) is 4.79 Å². The highest BCUT2D eigenvalue weighted by molar-refractivity contribution is 6.39. The van der Waals surface area contributed by atoms with Gasteiger partial charge in [-0.15, -0.1) is 0 Å². The van der Waals surface area contributed by atoms with E-state index in [1.807, 2.05) is 6.92 Å². The average molecular weight is 279 g/mol. The van der Waals surface area contributed by atoms with E-state index in [1.165, 1.54) is 12.1 Å². The lowest BCUT2D eigenvalue weighted by atomic mass is 10.3. The Bertz CT molecular complexity index is 389. The maximum Gasteiger partial charge on any atom is 0.221 e. The van der Waals surface area contributed by atoms with E-state index in [4.69, 9.17) is 23.2 Å². The summed E-state index contributed by atoms with van der Waals surface area (Å²) in [7, 11) is 0. The number of hydrogen-bond donors (Lipinski definition) is 2. The van der Waals surface area contributed by atoms with Crippen LogP contribution in [0.1, 0.15) is 13.3 Å². The molecule has 2 N–H and O–H groups in total. The molecule has 0 aromatic heterocycles. The van der Waals surface area contributed by atoms with Crippen molar-refractivity contribution in [2.75, 3.05) is 18.4 Å². The second-order valence-electron chi connectivity index (χ2n) is 3.37. The monoisotopic (exact) mass is 278 g/mol. The molecule has 0 aliphatic heterocycles. The van der Waals surface area contributed by atoms with E-state index in [1.54, 1.807) is 0 Å². The van der Waals surface area contributed by atoms with Crippen molar-refractivity contribution < 1.29 is 9.18 Å². The summed E-state index contributed by atoms with van der Waals surface area (Å²) in [5, 5.41) is 5.97. The number of carbonyl (C=O) groups is 1. The van der Waals surface area contributed by atoms with Crippen molar-refractivity contribution in [3.05, 3.63) is 28.0 Å². The third kappa shape index (κ3) is 4.40. The Morgan fingerprint density at radius 3 is 2.47 bits per heavy atom. The van der Waals surface area contributed by atoms with Crippen molar-refractivity contribution in [1.82, 2.24) is 5.32 Å². The Labute approximate surface area is 109 Å². The number of amides is 1. The van der Waals surface area contributed by atoms with Gasteiger partial charge in [-0.05, 0) is 19.1 Å². The minimum atomic E-state index is -0.491. The average Bonchev–Trinajstić information content (AvgIpc) is 2.22. The Kier molecular flexibility index (Phi) is 5.51.